The monoisotopic (exact) mass is 225 g/mol. The van der Waals surface area contributed by atoms with E-state index in [-0.39, 0.29) is 0 Å². The molecular formula is C8H8BrN3. The van der Waals surface area contributed by atoms with Gasteiger partial charge in [0.15, 0.2) is 5.84 Å². The molecule has 0 bridgehead atoms. The van der Waals surface area contributed by atoms with E-state index in [0.29, 0.717) is 5.84 Å². The van der Waals surface area contributed by atoms with Gasteiger partial charge in [0.1, 0.15) is 5.69 Å². The van der Waals surface area contributed by atoms with E-state index >= 15 is 0 Å². The summed E-state index contributed by atoms with van der Waals surface area (Å²) in [6.07, 6.45) is 1.70. The van der Waals surface area contributed by atoms with Crippen molar-refractivity contribution in [2.75, 3.05) is 7.05 Å². The van der Waals surface area contributed by atoms with E-state index in [1.807, 2.05) is 12.1 Å². The van der Waals surface area contributed by atoms with Crippen molar-refractivity contribution >= 4 is 28.5 Å². The fraction of sp³-hybridized carbons (Fsp3) is 0.125. The molecule has 0 aliphatic heterocycles. The first-order valence-corrected chi connectivity index (χ1v) is 4.12. The van der Waals surface area contributed by atoms with Gasteiger partial charge in [-0.15, -0.1) is 0 Å². The van der Waals surface area contributed by atoms with Gasteiger partial charge in [0, 0.05) is 17.7 Å². The third-order valence-corrected chi connectivity index (χ3v) is 1.79. The SMILES string of the molecule is C=NC(=NC)c1ccc(Br)cn1. The van der Waals surface area contributed by atoms with Crippen molar-refractivity contribution < 1.29 is 0 Å². The van der Waals surface area contributed by atoms with Gasteiger partial charge in [0.25, 0.3) is 0 Å². The van der Waals surface area contributed by atoms with Crippen molar-refractivity contribution in [2.45, 2.75) is 0 Å². The van der Waals surface area contributed by atoms with Crippen molar-refractivity contribution in [2.24, 2.45) is 9.98 Å². The highest BCUT2D eigenvalue weighted by molar-refractivity contribution is 9.10. The molecule has 0 amide bonds. The van der Waals surface area contributed by atoms with Gasteiger partial charge in [-0.1, -0.05) is 0 Å². The Labute approximate surface area is 79.4 Å². The fourth-order valence-electron chi connectivity index (χ4n) is 0.774. The fourth-order valence-corrected chi connectivity index (χ4v) is 1.01. The van der Waals surface area contributed by atoms with Gasteiger partial charge in [0.2, 0.25) is 0 Å². The molecule has 1 aromatic rings. The zero-order valence-corrected chi connectivity index (χ0v) is 8.24. The molecule has 1 heterocycles. The average Bonchev–Trinajstić information content (AvgIpc) is 2.10. The molecule has 0 aromatic carbocycles. The molecule has 12 heavy (non-hydrogen) atoms. The van der Waals surface area contributed by atoms with Crippen molar-refractivity contribution in [1.82, 2.24) is 4.98 Å². The molecule has 0 N–H and O–H groups in total. The molecule has 0 aliphatic rings. The molecule has 0 saturated heterocycles. The Morgan fingerprint density at radius 1 is 1.58 bits per heavy atom. The summed E-state index contributed by atoms with van der Waals surface area (Å²) in [6.45, 7) is 3.40. The molecule has 4 heteroatoms. The van der Waals surface area contributed by atoms with E-state index in [4.69, 9.17) is 0 Å². The number of hydrogen-bond donors (Lipinski definition) is 0. The lowest BCUT2D eigenvalue weighted by Gasteiger charge is -1.97. The van der Waals surface area contributed by atoms with Crippen molar-refractivity contribution in [3.05, 3.63) is 28.5 Å². The number of rotatable bonds is 1. The van der Waals surface area contributed by atoms with Crippen LogP contribution in [0.25, 0.3) is 0 Å². The molecule has 1 aromatic heterocycles. The summed E-state index contributed by atoms with van der Waals surface area (Å²) >= 11 is 3.29. The second-order valence-corrected chi connectivity index (χ2v) is 2.98. The number of pyridine rings is 1. The maximum atomic E-state index is 4.11. The molecule has 62 valence electrons. The van der Waals surface area contributed by atoms with Crippen LogP contribution < -0.4 is 0 Å². The summed E-state index contributed by atoms with van der Waals surface area (Å²) < 4.78 is 0.936. The van der Waals surface area contributed by atoms with Gasteiger partial charge < -0.3 is 0 Å². The van der Waals surface area contributed by atoms with Crippen LogP contribution in [0.4, 0.5) is 0 Å². The van der Waals surface area contributed by atoms with Gasteiger partial charge in [0.05, 0.1) is 0 Å². The molecule has 0 aliphatic carbocycles. The summed E-state index contributed by atoms with van der Waals surface area (Å²) in [7, 11) is 1.66. The Morgan fingerprint density at radius 2 is 2.33 bits per heavy atom. The molecule has 1 rings (SSSR count). The summed E-state index contributed by atoms with van der Waals surface area (Å²) in [5.41, 5.74) is 0.732. The first kappa shape index (κ1) is 9.06. The van der Waals surface area contributed by atoms with Crippen LogP contribution in [-0.4, -0.2) is 24.6 Å². The maximum Gasteiger partial charge on any atom is 0.172 e. The number of halogens is 1. The smallest absolute Gasteiger partial charge is 0.172 e. The Bertz CT molecular complexity index is 303. The maximum absolute atomic E-state index is 4.11. The standard InChI is InChI=1S/C8H8BrN3/c1-10-8(11-2)7-4-3-6(9)5-12-7/h3-5H,1H2,2H3. The molecule has 0 unspecified atom stereocenters. The Kier molecular flexibility index (Phi) is 3.10. The summed E-state index contributed by atoms with van der Waals surface area (Å²) in [5.74, 6) is 0.558. The van der Waals surface area contributed by atoms with E-state index < -0.39 is 0 Å². The van der Waals surface area contributed by atoms with Crippen LogP contribution in [0.3, 0.4) is 0 Å². The van der Waals surface area contributed by atoms with Gasteiger partial charge in [-0.05, 0) is 34.8 Å². The Morgan fingerprint density at radius 3 is 2.75 bits per heavy atom. The quantitative estimate of drug-likeness (QED) is 0.532. The highest BCUT2D eigenvalue weighted by atomic mass is 79.9. The van der Waals surface area contributed by atoms with E-state index in [1.165, 1.54) is 0 Å². The summed E-state index contributed by atoms with van der Waals surface area (Å²) in [5, 5.41) is 0. The van der Waals surface area contributed by atoms with Gasteiger partial charge in [-0.2, -0.15) is 0 Å². The second-order valence-electron chi connectivity index (χ2n) is 2.07. The van der Waals surface area contributed by atoms with Crippen molar-refractivity contribution in [3.63, 3.8) is 0 Å². The minimum absolute atomic E-state index is 0.558. The van der Waals surface area contributed by atoms with Crippen LogP contribution in [0.15, 0.2) is 32.8 Å². The predicted molar refractivity (Wildman–Crippen MR) is 53.9 cm³/mol. The topological polar surface area (TPSA) is 37.6 Å². The van der Waals surface area contributed by atoms with Crippen LogP contribution in [-0.2, 0) is 0 Å². The molecular weight excluding hydrogens is 218 g/mol. The van der Waals surface area contributed by atoms with Gasteiger partial charge in [-0.3, -0.25) is 9.98 Å². The number of aliphatic imine (C=N–C) groups is 2. The lowest BCUT2D eigenvalue weighted by Crippen LogP contribution is -1.98. The molecule has 0 atom stereocenters. The van der Waals surface area contributed by atoms with E-state index in [0.717, 1.165) is 10.2 Å². The molecule has 0 saturated carbocycles. The minimum Gasteiger partial charge on any atom is -0.268 e. The largest absolute Gasteiger partial charge is 0.268 e. The zero-order chi connectivity index (χ0) is 8.97. The van der Waals surface area contributed by atoms with Crippen molar-refractivity contribution in [1.29, 1.82) is 0 Å². The summed E-state index contributed by atoms with van der Waals surface area (Å²) in [6, 6.07) is 3.72. The first-order valence-electron chi connectivity index (χ1n) is 3.33. The average molecular weight is 226 g/mol. The third-order valence-electron chi connectivity index (χ3n) is 1.32. The highest BCUT2D eigenvalue weighted by Gasteiger charge is 1.99. The van der Waals surface area contributed by atoms with Gasteiger partial charge >= 0.3 is 0 Å². The van der Waals surface area contributed by atoms with Crippen molar-refractivity contribution in [3.8, 4) is 0 Å². The lowest BCUT2D eigenvalue weighted by atomic mass is 10.3. The molecule has 0 spiro atoms. The number of hydrogen-bond acceptors (Lipinski definition) is 2. The second kappa shape index (κ2) is 4.11. The number of amidine groups is 1. The van der Waals surface area contributed by atoms with Crippen LogP contribution >= 0.6 is 15.9 Å². The van der Waals surface area contributed by atoms with Crippen LogP contribution in [0.2, 0.25) is 0 Å². The minimum atomic E-state index is 0.558. The molecule has 3 nitrogen and oxygen atoms in total. The molecule has 0 fully saturated rings. The van der Waals surface area contributed by atoms with Crippen LogP contribution in [0.5, 0.6) is 0 Å². The highest BCUT2D eigenvalue weighted by Crippen LogP contribution is 2.08. The number of aromatic nitrogens is 1. The van der Waals surface area contributed by atoms with E-state index in [1.54, 1.807) is 13.2 Å². The Balaban J connectivity index is 3.04. The molecule has 0 radical (unpaired) electrons. The normalized spacial score (nSPS) is 11.3. The van der Waals surface area contributed by atoms with Gasteiger partial charge in [-0.25, -0.2) is 4.99 Å². The lowest BCUT2D eigenvalue weighted by molar-refractivity contribution is 1.25. The third kappa shape index (κ3) is 1.98. The number of nitrogens with zero attached hydrogens (tertiary/aromatic N) is 3. The zero-order valence-electron chi connectivity index (χ0n) is 6.66. The predicted octanol–water partition coefficient (Wildman–Crippen LogP) is 1.92. The van der Waals surface area contributed by atoms with Crippen LogP contribution in [0, 0.1) is 0 Å². The van der Waals surface area contributed by atoms with Crippen LogP contribution in [0.1, 0.15) is 5.69 Å². The Hall–Kier alpha value is -1.03. The van der Waals surface area contributed by atoms with E-state index in [2.05, 4.69) is 37.6 Å². The van der Waals surface area contributed by atoms with E-state index in [9.17, 15) is 0 Å². The summed E-state index contributed by atoms with van der Waals surface area (Å²) in [4.78, 5) is 11.8. The first-order chi connectivity index (χ1) is 5.77.